The quantitative estimate of drug-likeness (QED) is 0.553. The molecule has 1 rings (SSSR count). The summed E-state index contributed by atoms with van der Waals surface area (Å²) in [7, 11) is -3.80. The van der Waals surface area contributed by atoms with Gasteiger partial charge < -0.3 is 5.32 Å². The van der Waals surface area contributed by atoms with Gasteiger partial charge in [0.05, 0.1) is 5.75 Å². The van der Waals surface area contributed by atoms with E-state index in [1.807, 2.05) is 0 Å². The van der Waals surface area contributed by atoms with Gasteiger partial charge in [-0.15, -0.1) is 0 Å². The molecule has 0 bridgehead atoms. The van der Waals surface area contributed by atoms with Crippen LogP contribution in [0, 0.1) is 5.92 Å². The van der Waals surface area contributed by atoms with Gasteiger partial charge in [0.25, 0.3) is 10.1 Å². The van der Waals surface area contributed by atoms with Crippen LogP contribution >= 0.6 is 0 Å². The van der Waals surface area contributed by atoms with Crippen LogP contribution in [0.4, 0.5) is 0 Å². The molecule has 1 heterocycles. The van der Waals surface area contributed by atoms with Crippen molar-refractivity contribution < 1.29 is 13.0 Å². The zero-order valence-electron chi connectivity index (χ0n) is 8.91. The monoisotopic (exact) mass is 233 g/mol. The molecule has 0 aliphatic carbocycles. The van der Waals surface area contributed by atoms with Gasteiger partial charge in [0, 0.05) is 0 Å². The third-order valence-electron chi connectivity index (χ3n) is 2.82. The van der Waals surface area contributed by atoms with Crippen molar-refractivity contribution in [1.29, 1.82) is 0 Å². The molecule has 15 heavy (non-hydrogen) atoms. The number of piperidine rings is 1. The van der Waals surface area contributed by atoms with Crippen molar-refractivity contribution in [1.82, 2.24) is 5.32 Å². The molecule has 0 saturated carbocycles. The van der Waals surface area contributed by atoms with Crippen molar-refractivity contribution in [3.05, 3.63) is 12.2 Å². The Labute approximate surface area is 91.5 Å². The predicted octanol–water partition coefficient (Wildman–Crippen LogP) is 1.21. The molecule has 0 aromatic carbocycles. The van der Waals surface area contributed by atoms with Crippen LogP contribution in [-0.2, 0) is 10.1 Å². The minimum Gasteiger partial charge on any atom is -0.317 e. The SMILES string of the molecule is C=C(CCCS(=O)(=O)O)C1CCNCC1. The fourth-order valence-electron chi connectivity index (χ4n) is 1.92. The Hall–Kier alpha value is -0.390. The molecule has 0 radical (unpaired) electrons. The molecule has 0 unspecified atom stereocenters. The van der Waals surface area contributed by atoms with Crippen LogP contribution in [0.15, 0.2) is 12.2 Å². The van der Waals surface area contributed by atoms with Crippen LogP contribution in [0.3, 0.4) is 0 Å². The maximum absolute atomic E-state index is 10.5. The van der Waals surface area contributed by atoms with Gasteiger partial charge in [-0.1, -0.05) is 12.2 Å². The highest BCUT2D eigenvalue weighted by Crippen LogP contribution is 2.23. The number of hydrogen-bond donors (Lipinski definition) is 2. The first-order chi connectivity index (χ1) is 6.99. The number of nitrogens with one attached hydrogen (secondary N) is 1. The first-order valence-corrected chi connectivity index (χ1v) is 6.93. The van der Waals surface area contributed by atoms with E-state index in [2.05, 4.69) is 11.9 Å². The summed E-state index contributed by atoms with van der Waals surface area (Å²) in [5.74, 6) is 0.365. The fraction of sp³-hybridized carbons (Fsp3) is 0.800. The van der Waals surface area contributed by atoms with Crippen molar-refractivity contribution in [2.45, 2.75) is 25.7 Å². The Balaban J connectivity index is 2.23. The molecular formula is C10H19NO3S. The molecule has 1 saturated heterocycles. The van der Waals surface area contributed by atoms with Gasteiger partial charge in [-0.05, 0) is 44.7 Å². The second kappa shape index (κ2) is 5.63. The lowest BCUT2D eigenvalue weighted by molar-refractivity contribution is 0.411. The minimum atomic E-state index is -3.80. The van der Waals surface area contributed by atoms with Gasteiger partial charge in [-0.25, -0.2) is 0 Å². The van der Waals surface area contributed by atoms with Crippen molar-refractivity contribution in [3.8, 4) is 0 Å². The standard InChI is InChI=1S/C10H19NO3S/c1-9(3-2-8-15(12,13)14)10-4-6-11-7-5-10/h10-11H,1-8H2,(H,12,13,14). The molecule has 0 spiro atoms. The van der Waals surface area contributed by atoms with Gasteiger partial charge in [0.15, 0.2) is 0 Å². The molecule has 1 aliphatic heterocycles. The molecule has 2 N–H and O–H groups in total. The van der Waals surface area contributed by atoms with Crippen LogP contribution in [-0.4, -0.2) is 31.8 Å². The van der Waals surface area contributed by atoms with Crippen molar-refractivity contribution >= 4 is 10.1 Å². The third kappa shape index (κ3) is 5.30. The van der Waals surface area contributed by atoms with E-state index in [-0.39, 0.29) is 5.75 Å². The Morgan fingerprint density at radius 2 is 2.00 bits per heavy atom. The largest absolute Gasteiger partial charge is 0.317 e. The molecule has 0 atom stereocenters. The normalized spacial score (nSPS) is 19.0. The van der Waals surface area contributed by atoms with Gasteiger partial charge in [-0.2, -0.15) is 8.42 Å². The van der Waals surface area contributed by atoms with Crippen molar-refractivity contribution in [3.63, 3.8) is 0 Å². The van der Waals surface area contributed by atoms with E-state index in [4.69, 9.17) is 4.55 Å². The summed E-state index contributed by atoms with van der Waals surface area (Å²) in [6.45, 7) is 6.03. The molecule has 1 fully saturated rings. The Bertz CT molecular complexity index is 305. The highest BCUT2D eigenvalue weighted by Gasteiger charge is 2.16. The lowest BCUT2D eigenvalue weighted by atomic mass is 9.88. The van der Waals surface area contributed by atoms with E-state index >= 15 is 0 Å². The van der Waals surface area contributed by atoms with Gasteiger partial charge in [0.1, 0.15) is 0 Å². The second-order valence-corrected chi connectivity index (χ2v) is 5.64. The molecule has 0 aromatic rings. The van der Waals surface area contributed by atoms with E-state index in [0.717, 1.165) is 31.5 Å². The summed E-state index contributed by atoms with van der Waals surface area (Å²) in [6.07, 6.45) is 3.35. The maximum atomic E-state index is 10.5. The summed E-state index contributed by atoms with van der Waals surface area (Å²) in [6, 6.07) is 0. The van der Waals surface area contributed by atoms with E-state index in [9.17, 15) is 8.42 Å². The molecule has 0 amide bonds. The Morgan fingerprint density at radius 3 is 2.53 bits per heavy atom. The van der Waals surface area contributed by atoms with Crippen molar-refractivity contribution in [2.24, 2.45) is 5.92 Å². The summed E-state index contributed by atoms with van der Waals surface area (Å²) in [5.41, 5.74) is 1.13. The summed E-state index contributed by atoms with van der Waals surface area (Å²) < 4.78 is 29.6. The van der Waals surface area contributed by atoms with E-state index in [1.54, 1.807) is 0 Å². The molecule has 4 nitrogen and oxygen atoms in total. The zero-order valence-corrected chi connectivity index (χ0v) is 9.72. The predicted molar refractivity (Wildman–Crippen MR) is 60.4 cm³/mol. The third-order valence-corrected chi connectivity index (χ3v) is 3.62. The number of hydrogen-bond acceptors (Lipinski definition) is 3. The average Bonchev–Trinajstić information content (AvgIpc) is 2.17. The molecule has 88 valence electrons. The fourth-order valence-corrected chi connectivity index (χ4v) is 2.43. The lowest BCUT2D eigenvalue weighted by Crippen LogP contribution is -2.28. The van der Waals surface area contributed by atoms with Crippen LogP contribution in [0.2, 0.25) is 0 Å². The van der Waals surface area contributed by atoms with Gasteiger partial charge in [0.2, 0.25) is 0 Å². The first kappa shape index (κ1) is 12.7. The van der Waals surface area contributed by atoms with Crippen molar-refractivity contribution in [2.75, 3.05) is 18.8 Å². The second-order valence-electron chi connectivity index (χ2n) is 4.07. The Morgan fingerprint density at radius 1 is 1.40 bits per heavy atom. The highest BCUT2D eigenvalue weighted by atomic mass is 32.2. The van der Waals surface area contributed by atoms with Gasteiger partial charge >= 0.3 is 0 Å². The minimum absolute atomic E-state index is 0.156. The van der Waals surface area contributed by atoms with E-state index < -0.39 is 10.1 Å². The van der Waals surface area contributed by atoms with E-state index in [0.29, 0.717) is 18.8 Å². The van der Waals surface area contributed by atoms with Crippen LogP contribution in [0.25, 0.3) is 0 Å². The van der Waals surface area contributed by atoms with Crippen LogP contribution < -0.4 is 5.32 Å². The smallest absolute Gasteiger partial charge is 0.264 e. The summed E-state index contributed by atoms with van der Waals surface area (Å²) in [5, 5.41) is 3.27. The first-order valence-electron chi connectivity index (χ1n) is 5.32. The molecule has 5 heteroatoms. The summed E-state index contributed by atoms with van der Waals surface area (Å²) in [4.78, 5) is 0. The molecular weight excluding hydrogens is 214 g/mol. The highest BCUT2D eigenvalue weighted by molar-refractivity contribution is 7.85. The molecule has 1 aliphatic rings. The lowest BCUT2D eigenvalue weighted by Gasteiger charge is -2.24. The van der Waals surface area contributed by atoms with Gasteiger partial charge in [-0.3, -0.25) is 4.55 Å². The zero-order chi connectivity index (χ0) is 11.3. The van der Waals surface area contributed by atoms with Crippen LogP contribution in [0.1, 0.15) is 25.7 Å². The average molecular weight is 233 g/mol. The topological polar surface area (TPSA) is 66.4 Å². The summed E-state index contributed by atoms with van der Waals surface area (Å²) >= 11 is 0. The maximum Gasteiger partial charge on any atom is 0.264 e. The Kier molecular flexibility index (Phi) is 4.76. The number of rotatable bonds is 5. The molecule has 0 aromatic heterocycles. The van der Waals surface area contributed by atoms with E-state index in [1.165, 1.54) is 0 Å². The number of allylic oxidation sites excluding steroid dienone is 1. The van der Waals surface area contributed by atoms with Crippen LogP contribution in [0.5, 0.6) is 0 Å².